The van der Waals surface area contributed by atoms with E-state index in [1.807, 2.05) is 31.0 Å². The van der Waals surface area contributed by atoms with Gasteiger partial charge >= 0.3 is 0 Å². The zero-order valence-electron chi connectivity index (χ0n) is 16.4. The quantitative estimate of drug-likeness (QED) is 0.827. The van der Waals surface area contributed by atoms with Crippen molar-refractivity contribution in [2.45, 2.75) is 46.5 Å². The summed E-state index contributed by atoms with van der Waals surface area (Å²) in [5.74, 6) is 1.12. The summed E-state index contributed by atoms with van der Waals surface area (Å²) in [6.45, 7) is 8.01. The summed E-state index contributed by atoms with van der Waals surface area (Å²) in [6, 6.07) is 8.15. The molecule has 0 N–H and O–H groups in total. The molecule has 0 saturated carbocycles. The largest absolute Gasteiger partial charge is 0.337 e. The lowest BCUT2D eigenvalue weighted by Gasteiger charge is -2.32. The molecule has 1 saturated heterocycles. The van der Waals surface area contributed by atoms with Gasteiger partial charge in [0.1, 0.15) is 5.69 Å². The highest BCUT2D eigenvalue weighted by Gasteiger charge is 2.27. The molecule has 0 aliphatic carbocycles. The summed E-state index contributed by atoms with van der Waals surface area (Å²) in [4.78, 5) is 19.6. The van der Waals surface area contributed by atoms with Crippen molar-refractivity contribution in [3.05, 3.63) is 47.0 Å². The highest BCUT2D eigenvalue weighted by Crippen LogP contribution is 2.22. The SMILES string of the molecule is Cc1cccc(C[C@H]2CCCN(C(=O)c3cc(CC(C)C)nn3C)C2)n1. The number of pyridine rings is 1. The molecule has 5 heteroatoms. The van der Waals surface area contributed by atoms with Gasteiger partial charge in [0, 0.05) is 31.5 Å². The van der Waals surface area contributed by atoms with Crippen LogP contribution < -0.4 is 0 Å². The van der Waals surface area contributed by atoms with Crippen molar-refractivity contribution in [3.63, 3.8) is 0 Å². The number of carbonyl (C=O) groups excluding carboxylic acids is 1. The van der Waals surface area contributed by atoms with Gasteiger partial charge in [-0.1, -0.05) is 19.9 Å². The lowest BCUT2D eigenvalue weighted by Crippen LogP contribution is -2.41. The average molecular weight is 354 g/mol. The van der Waals surface area contributed by atoms with Gasteiger partial charge in [-0.25, -0.2) is 0 Å². The van der Waals surface area contributed by atoms with E-state index < -0.39 is 0 Å². The molecule has 5 nitrogen and oxygen atoms in total. The lowest BCUT2D eigenvalue weighted by molar-refractivity contribution is 0.0661. The van der Waals surface area contributed by atoms with E-state index in [4.69, 9.17) is 0 Å². The molecule has 0 aromatic carbocycles. The van der Waals surface area contributed by atoms with Crippen LogP contribution in [0.3, 0.4) is 0 Å². The Bertz CT molecular complexity index is 765. The Hall–Kier alpha value is -2.17. The number of aromatic nitrogens is 3. The number of nitrogens with zero attached hydrogens (tertiary/aromatic N) is 4. The van der Waals surface area contributed by atoms with Gasteiger partial charge in [-0.15, -0.1) is 0 Å². The van der Waals surface area contributed by atoms with Crippen LogP contribution in [-0.4, -0.2) is 38.7 Å². The average Bonchev–Trinajstić information content (AvgIpc) is 2.94. The monoisotopic (exact) mass is 354 g/mol. The molecule has 1 amide bonds. The zero-order valence-corrected chi connectivity index (χ0v) is 16.4. The first-order chi connectivity index (χ1) is 12.4. The molecule has 0 radical (unpaired) electrons. The highest BCUT2D eigenvalue weighted by atomic mass is 16.2. The number of rotatable bonds is 5. The van der Waals surface area contributed by atoms with E-state index >= 15 is 0 Å². The van der Waals surface area contributed by atoms with Crippen molar-refractivity contribution in [2.24, 2.45) is 18.9 Å². The predicted octanol–water partition coefficient (Wildman–Crippen LogP) is 3.42. The number of likely N-dealkylation sites (tertiary alicyclic amines) is 1. The van der Waals surface area contributed by atoms with Crippen molar-refractivity contribution in [1.29, 1.82) is 0 Å². The Labute approximate surface area is 156 Å². The Morgan fingerprint density at radius 3 is 2.85 bits per heavy atom. The van der Waals surface area contributed by atoms with E-state index in [0.717, 1.165) is 55.9 Å². The van der Waals surface area contributed by atoms with Crippen molar-refractivity contribution in [3.8, 4) is 0 Å². The standard InChI is InChI=1S/C21H30N4O/c1-15(2)11-19-13-20(24(4)23-19)21(26)25-10-6-8-17(14-25)12-18-9-5-7-16(3)22-18/h5,7,9,13,15,17H,6,8,10-12,14H2,1-4H3/t17-/m1/s1. The van der Waals surface area contributed by atoms with Crippen LogP contribution >= 0.6 is 0 Å². The molecule has 0 unspecified atom stereocenters. The molecule has 3 heterocycles. The third-order valence-corrected chi connectivity index (χ3v) is 5.02. The zero-order chi connectivity index (χ0) is 18.7. The number of amides is 1. The van der Waals surface area contributed by atoms with Gasteiger partial charge in [-0.05, 0) is 62.6 Å². The number of piperidine rings is 1. The van der Waals surface area contributed by atoms with Crippen LogP contribution in [0.15, 0.2) is 24.3 Å². The van der Waals surface area contributed by atoms with Crippen molar-refractivity contribution >= 4 is 5.91 Å². The third-order valence-electron chi connectivity index (χ3n) is 5.02. The molecule has 0 spiro atoms. The summed E-state index contributed by atoms with van der Waals surface area (Å²) in [6.07, 6.45) is 4.06. The summed E-state index contributed by atoms with van der Waals surface area (Å²) in [7, 11) is 1.87. The van der Waals surface area contributed by atoms with Crippen LogP contribution in [0.2, 0.25) is 0 Å². The van der Waals surface area contributed by atoms with E-state index in [2.05, 4.69) is 36.1 Å². The Morgan fingerprint density at radius 2 is 2.12 bits per heavy atom. The van der Waals surface area contributed by atoms with Gasteiger partial charge in [0.2, 0.25) is 0 Å². The number of hydrogen-bond donors (Lipinski definition) is 0. The molecule has 2 aromatic heterocycles. The van der Waals surface area contributed by atoms with Crippen LogP contribution in [0.5, 0.6) is 0 Å². The van der Waals surface area contributed by atoms with Crippen molar-refractivity contribution in [2.75, 3.05) is 13.1 Å². The van der Waals surface area contributed by atoms with Crippen molar-refractivity contribution < 1.29 is 4.79 Å². The van der Waals surface area contributed by atoms with Crippen molar-refractivity contribution in [1.82, 2.24) is 19.7 Å². The lowest BCUT2D eigenvalue weighted by atomic mass is 9.93. The molecule has 140 valence electrons. The van der Waals surface area contributed by atoms with Crippen LogP contribution in [0, 0.1) is 18.8 Å². The number of aryl methyl sites for hydroxylation is 2. The topological polar surface area (TPSA) is 51.0 Å². The minimum absolute atomic E-state index is 0.108. The second-order valence-electron chi connectivity index (χ2n) is 7.98. The molecule has 0 bridgehead atoms. The number of hydrogen-bond acceptors (Lipinski definition) is 3. The van der Waals surface area contributed by atoms with Crippen LogP contribution in [0.4, 0.5) is 0 Å². The van der Waals surface area contributed by atoms with Gasteiger partial charge < -0.3 is 4.90 Å². The summed E-state index contributed by atoms with van der Waals surface area (Å²) < 4.78 is 1.74. The fourth-order valence-electron chi connectivity index (χ4n) is 3.83. The Kier molecular flexibility index (Phi) is 5.74. The molecule has 1 atom stereocenters. The minimum atomic E-state index is 0.108. The fraction of sp³-hybridized carbons (Fsp3) is 0.571. The van der Waals surface area contributed by atoms with Gasteiger partial charge in [0.25, 0.3) is 5.91 Å². The van der Waals surface area contributed by atoms with Gasteiger partial charge in [-0.2, -0.15) is 5.10 Å². The van der Waals surface area contributed by atoms with E-state index in [1.54, 1.807) is 4.68 Å². The highest BCUT2D eigenvalue weighted by molar-refractivity contribution is 5.92. The predicted molar refractivity (Wildman–Crippen MR) is 103 cm³/mol. The fourth-order valence-corrected chi connectivity index (χ4v) is 3.83. The maximum atomic E-state index is 13.0. The first kappa shape index (κ1) is 18.6. The van der Waals surface area contributed by atoms with Crippen LogP contribution in [-0.2, 0) is 19.9 Å². The van der Waals surface area contributed by atoms with E-state index in [-0.39, 0.29) is 5.91 Å². The van der Waals surface area contributed by atoms with E-state index in [1.165, 1.54) is 0 Å². The normalized spacial score (nSPS) is 17.7. The summed E-state index contributed by atoms with van der Waals surface area (Å²) >= 11 is 0. The molecule has 1 aliphatic heterocycles. The van der Waals surface area contributed by atoms with Crippen LogP contribution in [0.1, 0.15) is 54.3 Å². The molecule has 3 rings (SSSR count). The molecular formula is C21H30N4O. The summed E-state index contributed by atoms with van der Waals surface area (Å²) in [5.41, 5.74) is 3.89. The maximum Gasteiger partial charge on any atom is 0.272 e. The van der Waals surface area contributed by atoms with Gasteiger partial charge in [0.05, 0.1) is 5.69 Å². The second kappa shape index (κ2) is 8.02. The first-order valence-electron chi connectivity index (χ1n) is 9.67. The number of carbonyl (C=O) groups is 1. The van der Waals surface area contributed by atoms with E-state index in [0.29, 0.717) is 17.5 Å². The summed E-state index contributed by atoms with van der Waals surface area (Å²) in [5, 5.41) is 4.52. The second-order valence-corrected chi connectivity index (χ2v) is 7.98. The molecular weight excluding hydrogens is 324 g/mol. The van der Waals surface area contributed by atoms with Gasteiger partial charge in [0.15, 0.2) is 0 Å². The Morgan fingerprint density at radius 1 is 1.31 bits per heavy atom. The smallest absolute Gasteiger partial charge is 0.272 e. The van der Waals surface area contributed by atoms with E-state index in [9.17, 15) is 4.79 Å². The Balaban J connectivity index is 1.67. The molecule has 1 fully saturated rings. The van der Waals surface area contributed by atoms with Gasteiger partial charge in [-0.3, -0.25) is 14.5 Å². The minimum Gasteiger partial charge on any atom is -0.337 e. The molecule has 2 aromatic rings. The molecule has 26 heavy (non-hydrogen) atoms. The maximum absolute atomic E-state index is 13.0. The third kappa shape index (κ3) is 4.51. The first-order valence-corrected chi connectivity index (χ1v) is 9.67. The molecule has 1 aliphatic rings. The van der Waals surface area contributed by atoms with Crippen LogP contribution in [0.25, 0.3) is 0 Å².